The number of nitrogens with zero attached hydrogens (tertiary/aromatic N) is 6. The molecule has 0 spiro atoms. The summed E-state index contributed by atoms with van der Waals surface area (Å²) < 4.78 is 9.80. The van der Waals surface area contributed by atoms with Crippen LogP contribution < -0.4 is 0 Å². The quantitative estimate of drug-likeness (QED) is 0.441. The van der Waals surface area contributed by atoms with Crippen LogP contribution in [-0.2, 0) is 11.4 Å². The van der Waals surface area contributed by atoms with Gasteiger partial charge in [-0.2, -0.15) is 0 Å². The lowest BCUT2D eigenvalue weighted by Crippen LogP contribution is -2.52. The highest BCUT2D eigenvalue weighted by Crippen LogP contribution is 2.05. The summed E-state index contributed by atoms with van der Waals surface area (Å²) in [6.07, 6.45) is 0. The molecule has 9 heteroatoms. The van der Waals surface area contributed by atoms with E-state index in [0.717, 1.165) is 52.4 Å². The van der Waals surface area contributed by atoms with Gasteiger partial charge in [0.05, 0.1) is 0 Å². The standard InChI is InChI=1S/C16H40B2N6S/c1-9-21(10-2)17(22(11-3)12-4)19-25-20-18(23(13-5)14-6)24(15-7)16-8/h9-16H2,1-8H3. The second-order valence-electron chi connectivity index (χ2n) is 5.87. The second-order valence-corrected chi connectivity index (χ2v) is 6.46. The Labute approximate surface area is 161 Å². The van der Waals surface area contributed by atoms with Crippen LogP contribution in [0.4, 0.5) is 0 Å². The monoisotopic (exact) mass is 370 g/mol. The molecule has 0 amide bonds. The van der Waals surface area contributed by atoms with E-state index >= 15 is 0 Å². The van der Waals surface area contributed by atoms with Gasteiger partial charge < -0.3 is 19.2 Å². The fraction of sp³-hybridized carbons (Fsp3) is 1.00. The molecule has 25 heavy (non-hydrogen) atoms. The predicted octanol–water partition coefficient (Wildman–Crippen LogP) is 2.77. The molecule has 0 bridgehead atoms. The average Bonchev–Trinajstić information content (AvgIpc) is 2.64. The van der Waals surface area contributed by atoms with Crippen LogP contribution in [0.1, 0.15) is 55.4 Å². The molecule has 0 radical (unpaired) electrons. The number of hydrogen-bond donors (Lipinski definition) is 0. The maximum absolute atomic E-state index is 4.90. The van der Waals surface area contributed by atoms with Gasteiger partial charge >= 0.3 is 14.2 Å². The summed E-state index contributed by atoms with van der Waals surface area (Å²) >= 11 is 1.39. The largest absolute Gasteiger partial charge is 0.468 e. The van der Waals surface area contributed by atoms with E-state index in [1.165, 1.54) is 11.4 Å². The Bertz CT molecular complexity index is 323. The van der Waals surface area contributed by atoms with E-state index in [1.54, 1.807) is 0 Å². The van der Waals surface area contributed by atoms with Crippen LogP contribution in [0.5, 0.6) is 0 Å². The van der Waals surface area contributed by atoms with Crippen molar-refractivity contribution in [3.8, 4) is 0 Å². The highest BCUT2D eigenvalue weighted by molar-refractivity contribution is 7.59. The van der Waals surface area contributed by atoms with Crippen LogP contribution >= 0.6 is 0 Å². The minimum absolute atomic E-state index is 0.0906. The van der Waals surface area contributed by atoms with Crippen LogP contribution in [-0.4, -0.2) is 85.8 Å². The fourth-order valence-corrected chi connectivity index (χ4v) is 3.80. The van der Waals surface area contributed by atoms with Crippen molar-refractivity contribution < 1.29 is 0 Å². The lowest BCUT2D eigenvalue weighted by Gasteiger charge is -2.31. The molecule has 0 saturated heterocycles. The molecule has 0 unspecified atom stereocenters. The zero-order chi connectivity index (χ0) is 19.2. The Morgan fingerprint density at radius 3 is 0.840 bits per heavy atom. The highest BCUT2D eigenvalue weighted by atomic mass is 32.1. The number of rotatable bonds is 14. The molecule has 0 saturated carbocycles. The van der Waals surface area contributed by atoms with Gasteiger partial charge in [-0.05, 0) is 52.4 Å². The summed E-state index contributed by atoms with van der Waals surface area (Å²) in [4.78, 5) is 9.55. The molecular weight excluding hydrogens is 330 g/mol. The molecule has 146 valence electrons. The van der Waals surface area contributed by atoms with Gasteiger partial charge in [0.2, 0.25) is 0 Å². The maximum Gasteiger partial charge on any atom is 0.468 e. The molecular formula is C16H40B2N6S. The molecule has 6 nitrogen and oxygen atoms in total. The summed E-state index contributed by atoms with van der Waals surface area (Å²) in [5.41, 5.74) is 0. The lowest BCUT2D eigenvalue weighted by atomic mass is 9.88. The van der Waals surface area contributed by atoms with Crippen molar-refractivity contribution in [2.24, 2.45) is 8.55 Å². The third kappa shape index (κ3) is 7.91. The van der Waals surface area contributed by atoms with E-state index in [-0.39, 0.29) is 14.2 Å². The van der Waals surface area contributed by atoms with Crippen molar-refractivity contribution in [3.63, 3.8) is 0 Å². The summed E-state index contributed by atoms with van der Waals surface area (Å²) in [5.74, 6) is 0. The van der Waals surface area contributed by atoms with Crippen LogP contribution in [0, 0.1) is 0 Å². The van der Waals surface area contributed by atoms with Crippen LogP contribution in [0.3, 0.4) is 0 Å². The minimum Gasteiger partial charge on any atom is -0.307 e. The van der Waals surface area contributed by atoms with E-state index in [9.17, 15) is 0 Å². The van der Waals surface area contributed by atoms with E-state index < -0.39 is 0 Å². The molecule has 0 aliphatic carbocycles. The summed E-state index contributed by atoms with van der Waals surface area (Å²) in [6.45, 7) is 25.6. The van der Waals surface area contributed by atoms with Crippen molar-refractivity contribution in [3.05, 3.63) is 0 Å². The highest BCUT2D eigenvalue weighted by Gasteiger charge is 2.29. The van der Waals surface area contributed by atoms with Crippen molar-refractivity contribution in [1.82, 2.24) is 19.2 Å². The first-order valence-corrected chi connectivity index (χ1v) is 10.8. The van der Waals surface area contributed by atoms with E-state index in [0.29, 0.717) is 0 Å². The fourth-order valence-electron chi connectivity index (χ4n) is 3.04. The second kappa shape index (κ2) is 14.9. The molecule has 0 rings (SSSR count). The molecule has 0 heterocycles. The van der Waals surface area contributed by atoms with Crippen LogP contribution in [0.15, 0.2) is 8.55 Å². The molecule has 0 N–H and O–H groups in total. The molecule has 0 aliphatic heterocycles. The Hall–Kier alpha value is -0.210. The Kier molecular flexibility index (Phi) is 14.8. The molecule has 0 aromatic rings. The first-order chi connectivity index (χ1) is 12.1. The van der Waals surface area contributed by atoms with Gasteiger partial charge in [-0.25, -0.2) is 8.55 Å². The van der Waals surface area contributed by atoms with Crippen molar-refractivity contribution in [2.45, 2.75) is 55.4 Å². The van der Waals surface area contributed by atoms with E-state index in [1.807, 2.05) is 0 Å². The molecule has 0 aromatic carbocycles. The van der Waals surface area contributed by atoms with Gasteiger partial charge in [-0.1, -0.05) is 55.4 Å². The zero-order valence-corrected chi connectivity index (χ0v) is 18.7. The van der Waals surface area contributed by atoms with Gasteiger partial charge in [-0.15, -0.1) is 0 Å². The summed E-state index contributed by atoms with van der Waals surface area (Å²) in [7, 11) is 0.181. The SMILES string of the molecule is CCN(CC)B(N=S=NB(N(CC)CC)N(CC)CC)N(CC)CC. The lowest BCUT2D eigenvalue weighted by molar-refractivity contribution is 0.378. The van der Waals surface area contributed by atoms with Gasteiger partial charge in [0.15, 0.2) is 0 Å². The first-order valence-electron chi connectivity index (χ1n) is 10.1. The van der Waals surface area contributed by atoms with Gasteiger partial charge in [0.1, 0.15) is 0 Å². The Balaban J connectivity index is 5.59. The van der Waals surface area contributed by atoms with Crippen LogP contribution in [0.25, 0.3) is 0 Å². The van der Waals surface area contributed by atoms with E-state index in [4.69, 9.17) is 8.55 Å². The van der Waals surface area contributed by atoms with Crippen molar-refractivity contribution >= 4 is 25.6 Å². The minimum atomic E-state index is 0.0906. The van der Waals surface area contributed by atoms with Crippen molar-refractivity contribution in [2.75, 3.05) is 52.4 Å². The van der Waals surface area contributed by atoms with Gasteiger partial charge in [0, 0.05) is 11.4 Å². The predicted molar refractivity (Wildman–Crippen MR) is 115 cm³/mol. The maximum atomic E-state index is 4.90. The summed E-state index contributed by atoms with van der Waals surface area (Å²) in [6, 6.07) is 0. The van der Waals surface area contributed by atoms with Crippen LogP contribution in [0.2, 0.25) is 0 Å². The van der Waals surface area contributed by atoms with Gasteiger partial charge in [-0.3, -0.25) is 0 Å². The molecule has 0 aromatic heterocycles. The topological polar surface area (TPSA) is 37.7 Å². The normalized spacial score (nSPS) is 11.5. The molecule has 0 aliphatic rings. The zero-order valence-electron chi connectivity index (χ0n) is 17.9. The van der Waals surface area contributed by atoms with E-state index in [2.05, 4.69) is 74.6 Å². The van der Waals surface area contributed by atoms with Gasteiger partial charge in [0.25, 0.3) is 0 Å². The third-order valence-corrected chi connectivity index (χ3v) is 5.40. The Morgan fingerprint density at radius 1 is 0.480 bits per heavy atom. The molecule has 0 atom stereocenters. The Morgan fingerprint density at radius 2 is 0.680 bits per heavy atom. The number of hydrogen-bond acceptors (Lipinski definition) is 6. The smallest absolute Gasteiger partial charge is 0.307 e. The summed E-state index contributed by atoms with van der Waals surface area (Å²) in [5, 5.41) is 0. The average molecular weight is 370 g/mol. The third-order valence-electron chi connectivity index (χ3n) is 4.84. The van der Waals surface area contributed by atoms with Crippen molar-refractivity contribution in [1.29, 1.82) is 0 Å². The molecule has 0 fully saturated rings. The first kappa shape index (κ1) is 24.8.